The van der Waals surface area contributed by atoms with E-state index in [1.165, 1.54) is 0 Å². The predicted octanol–water partition coefficient (Wildman–Crippen LogP) is 1.85. The second-order valence-electron chi connectivity index (χ2n) is 4.30. The van der Waals surface area contributed by atoms with Gasteiger partial charge in [-0.3, -0.25) is 0 Å². The van der Waals surface area contributed by atoms with Crippen molar-refractivity contribution in [2.45, 2.75) is 25.3 Å². The Labute approximate surface area is 90.8 Å². The van der Waals surface area contributed by atoms with Gasteiger partial charge in [-0.1, -0.05) is 32.0 Å². The molecule has 0 fully saturated rings. The maximum atomic E-state index is 12.0. The average Bonchev–Trinajstić information content (AvgIpc) is 2.39. The van der Waals surface area contributed by atoms with Crippen LogP contribution >= 0.6 is 0 Å². The molecule has 0 amide bonds. The normalized spacial score (nSPS) is 19.4. The molecule has 1 aromatic carbocycles. The summed E-state index contributed by atoms with van der Waals surface area (Å²) in [7, 11) is -3.21. The standard InChI is InChI=1S/C11H15NO2S/c1-9(2)7-12-8-10-5-3-4-6-11(10)15(12,13)14/h3-6,9H,7-8H2,1-2H3. The first kappa shape index (κ1) is 10.6. The quantitative estimate of drug-likeness (QED) is 0.770. The van der Waals surface area contributed by atoms with E-state index in [2.05, 4.69) is 0 Å². The number of hydrogen-bond donors (Lipinski definition) is 0. The van der Waals surface area contributed by atoms with E-state index in [1.807, 2.05) is 26.0 Å². The summed E-state index contributed by atoms with van der Waals surface area (Å²) in [6.45, 7) is 5.17. The summed E-state index contributed by atoms with van der Waals surface area (Å²) in [5.41, 5.74) is 0.915. The molecule has 3 nitrogen and oxygen atoms in total. The molecule has 0 saturated carbocycles. The lowest BCUT2D eigenvalue weighted by atomic mass is 10.2. The van der Waals surface area contributed by atoms with E-state index in [0.717, 1.165) is 5.56 Å². The first-order valence-corrected chi connectivity index (χ1v) is 6.54. The molecule has 0 radical (unpaired) electrons. The smallest absolute Gasteiger partial charge is 0.207 e. The minimum atomic E-state index is -3.21. The second kappa shape index (κ2) is 3.61. The maximum absolute atomic E-state index is 12.0. The van der Waals surface area contributed by atoms with Crippen molar-refractivity contribution in [1.82, 2.24) is 4.31 Å². The molecule has 2 rings (SSSR count). The van der Waals surface area contributed by atoms with Crippen LogP contribution in [0.3, 0.4) is 0 Å². The zero-order valence-corrected chi connectivity index (χ0v) is 9.79. The summed E-state index contributed by atoms with van der Waals surface area (Å²) < 4.78 is 25.6. The lowest BCUT2D eigenvalue weighted by molar-refractivity contribution is 0.376. The van der Waals surface area contributed by atoms with E-state index in [4.69, 9.17) is 0 Å². The van der Waals surface area contributed by atoms with Gasteiger partial charge in [0.05, 0.1) is 4.90 Å². The Hall–Kier alpha value is -0.870. The van der Waals surface area contributed by atoms with E-state index >= 15 is 0 Å². The highest BCUT2D eigenvalue weighted by Gasteiger charge is 2.33. The largest absolute Gasteiger partial charge is 0.243 e. The van der Waals surface area contributed by atoms with Gasteiger partial charge in [0.15, 0.2) is 0 Å². The molecule has 0 unspecified atom stereocenters. The van der Waals surface area contributed by atoms with E-state index in [1.54, 1.807) is 16.4 Å². The molecular weight excluding hydrogens is 210 g/mol. The zero-order chi connectivity index (χ0) is 11.1. The molecule has 1 aliphatic heterocycles. The van der Waals surface area contributed by atoms with Crippen molar-refractivity contribution in [2.24, 2.45) is 5.92 Å². The van der Waals surface area contributed by atoms with Gasteiger partial charge in [-0.15, -0.1) is 0 Å². The van der Waals surface area contributed by atoms with Gasteiger partial charge in [-0.05, 0) is 17.5 Å². The molecule has 1 aromatic rings. The molecule has 0 atom stereocenters. The molecule has 0 aliphatic carbocycles. The molecule has 82 valence electrons. The van der Waals surface area contributed by atoms with E-state index in [-0.39, 0.29) is 0 Å². The van der Waals surface area contributed by atoms with Crippen molar-refractivity contribution in [3.8, 4) is 0 Å². The molecule has 0 saturated heterocycles. The summed E-state index contributed by atoms with van der Waals surface area (Å²) in [5, 5.41) is 0. The Morgan fingerprint density at radius 3 is 2.60 bits per heavy atom. The number of hydrogen-bond acceptors (Lipinski definition) is 2. The first-order chi connectivity index (χ1) is 7.01. The van der Waals surface area contributed by atoms with Crippen molar-refractivity contribution in [3.63, 3.8) is 0 Å². The average molecular weight is 225 g/mol. The highest BCUT2D eigenvalue weighted by atomic mass is 32.2. The monoisotopic (exact) mass is 225 g/mol. The minimum absolute atomic E-state index is 0.356. The van der Waals surface area contributed by atoms with E-state index in [0.29, 0.717) is 23.9 Å². The third-order valence-electron chi connectivity index (χ3n) is 2.51. The van der Waals surface area contributed by atoms with Crippen LogP contribution in [0.1, 0.15) is 19.4 Å². The fourth-order valence-corrected chi connectivity index (χ4v) is 3.67. The molecule has 1 aliphatic rings. The van der Waals surface area contributed by atoms with Gasteiger partial charge in [0.1, 0.15) is 0 Å². The Kier molecular flexibility index (Phi) is 2.56. The molecule has 0 aromatic heterocycles. The second-order valence-corrected chi connectivity index (χ2v) is 6.21. The lowest BCUT2D eigenvalue weighted by Gasteiger charge is -2.16. The van der Waals surface area contributed by atoms with E-state index in [9.17, 15) is 8.42 Å². The summed E-state index contributed by atoms with van der Waals surface area (Å²) in [5.74, 6) is 0.356. The van der Waals surface area contributed by atoms with Gasteiger partial charge in [0.2, 0.25) is 10.0 Å². The molecule has 0 spiro atoms. The summed E-state index contributed by atoms with van der Waals surface area (Å²) in [6, 6.07) is 7.22. The SMILES string of the molecule is CC(C)CN1Cc2ccccc2S1(=O)=O. The van der Waals surface area contributed by atoms with Crippen LogP contribution in [0.15, 0.2) is 29.2 Å². The molecule has 1 heterocycles. The predicted molar refractivity (Wildman–Crippen MR) is 58.9 cm³/mol. The topological polar surface area (TPSA) is 37.4 Å². The molecule has 4 heteroatoms. The molecular formula is C11H15NO2S. The summed E-state index contributed by atoms with van der Waals surface area (Å²) in [4.78, 5) is 0.477. The maximum Gasteiger partial charge on any atom is 0.243 e. The fraction of sp³-hybridized carbons (Fsp3) is 0.455. The van der Waals surface area contributed by atoms with Crippen molar-refractivity contribution < 1.29 is 8.42 Å². The minimum Gasteiger partial charge on any atom is -0.207 e. The summed E-state index contributed by atoms with van der Waals surface area (Å²) in [6.07, 6.45) is 0. The van der Waals surface area contributed by atoms with Crippen molar-refractivity contribution in [3.05, 3.63) is 29.8 Å². The zero-order valence-electron chi connectivity index (χ0n) is 8.97. The van der Waals surface area contributed by atoms with Crippen molar-refractivity contribution in [2.75, 3.05) is 6.54 Å². The van der Waals surface area contributed by atoms with Crippen LogP contribution in [0, 0.1) is 5.92 Å². The van der Waals surface area contributed by atoms with Crippen LogP contribution in [0.25, 0.3) is 0 Å². The highest BCUT2D eigenvalue weighted by Crippen LogP contribution is 2.30. The van der Waals surface area contributed by atoms with E-state index < -0.39 is 10.0 Å². The fourth-order valence-electron chi connectivity index (χ4n) is 1.87. The number of nitrogens with zero attached hydrogens (tertiary/aromatic N) is 1. The van der Waals surface area contributed by atoms with Crippen LogP contribution in [-0.4, -0.2) is 19.3 Å². The van der Waals surface area contributed by atoms with Crippen LogP contribution in [0.2, 0.25) is 0 Å². The Morgan fingerprint density at radius 1 is 1.33 bits per heavy atom. The first-order valence-electron chi connectivity index (χ1n) is 5.10. The van der Waals surface area contributed by atoms with Crippen LogP contribution < -0.4 is 0 Å². The van der Waals surface area contributed by atoms with Gasteiger partial charge in [0, 0.05) is 13.1 Å². The number of sulfonamides is 1. The lowest BCUT2D eigenvalue weighted by Crippen LogP contribution is -2.28. The van der Waals surface area contributed by atoms with Gasteiger partial charge in [-0.2, -0.15) is 4.31 Å². The van der Waals surface area contributed by atoms with Crippen LogP contribution in [0.5, 0.6) is 0 Å². The number of rotatable bonds is 2. The van der Waals surface area contributed by atoms with Crippen molar-refractivity contribution in [1.29, 1.82) is 0 Å². The number of fused-ring (bicyclic) bond motifs is 1. The van der Waals surface area contributed by atoms with Crippen molar-refractivity contribution >= 4 is 10.0 Å². The van der Waals surface area contributed by atoms with Gasteiger partial charge < -0.3 is 0 Å². The summed E-state index contributed by atoms with van der Waals surface area (Å²) >= 11 is 0. The van der Waals surface area contributed by atoms with Crippen LogP contribution in [-0.2, 0) is 16.6 Å². The molecule has 0 N–H and O–H groups in total. The van der Waals surface area contributed by atoms with Gasteiger partial charge in [0.25, 0.3) is 0 Å². The third kappa shape index (κ3) is 1.79. The Balaban J connectivity index is 2.39. The van der Waals surface area contributed by atoms with Gasteiger partial charge in [-0.25, -0.2) is 8.42 Å². The van der Waals surface area contributed by atoms with Crippen LogP contribution in [0.4, 0.5) is 0 Å². The Bertz CT molecular complexity index is 465. The highest BCUT2D eigenvalue weighted by molar-refractivity contribution is 7.89. The Morgan fingerprint density at radius 2 is 2.00 bits per heavy atom. The third-order valence-corrected chi connectivity index (χ3v) is 4.42. The van der Waals surface area contributed by atoms with Gasteiger partial charge >= 0.3 is 0 Å². The molecule has 0 bridgehead atoms. The molecule has 15 heavy (non-hydrogen) atoms. The number of benzene rings is 1.